The van der Waals surface area contributed by atoms with Crippen molar-refractivity contribution in [1.29, 1.82) is 0 Å². The Bertz CT molecular complexity index is 148. The van der Waals surface area contributed by atoms with Crippen LogP contribution in [0.1, 0.15) is 32.1 Å². The average molecular weight is 172 g/mol. The lowest BCUT2D eigenvalue weighted by Crippen LogP contribution is -2.20. The highest BCUT2D eigenvalue weighted by atomic mass is 16.5. The molecule has 1 N–H and O–H groups in total. The third kappa shape index (κ3) is 2.81. The molecule has 3 heteroatoms. The molecular weight excluding hydrogens is 156 g/mol. The quantitative estimate of drug-likeness (QED) is 0.634. The van der Waals surface area contributed by atoms with Gasteiger partial charge in [0.25, 0.3) is 0 Å². The normalized spacial score (nSPS) is 29.8. The van der Waals surface area contributed by atoms with Crippen LogP contribution < -0.4 is 0 Å². The van der Waals surface area contributed by atoms with Gasteiger partial charge in [0.2, 0.25) is 0 Å². The van der Waals surface area contributed by atoms with Gasteiger partial charge in [0.1, 0.15) is 0 Å². The Morgan fingerprint density at radius 1 is 1.42 bits per heavy atom. The maximum atomic E-state index is 10.9. The van der Waals surface area contributed by atoms with Gasteiger partial charge in [-0.05, 0) is 31.6 Å². The van der Waals surface area contributed by atoms with Crippen molar-refractivity contribution in [2.24, 2.45) is 5.92 Å². The summed E-state index contributed by atoms with van der Waals surface area (Å²) in [7, 11) is 1.42. The molecule has 1 aliphatic rings. The highest BCUT2D eigenvalue weighted by molar-refractivity contribution is 5.69. The smallest absolute Gasteiger partial charge is 0.305 e. The van der Waals surface area contributed by atoms with Gasteiger partial charge in [0.15, 0.2) is 0 Å². The Labute approximate surface area is 72.7 Å². The van der Waals surface area contributed by atoms with Crippen LogP contribution in [0.25, 0.3) is 0 Å². The highest BCUT2D eigenvalue weighted by Crippen LogP contribution is 2.26. The molecule has 1 fully saturated rings. The number of hydrogen-bond acceptors (Lipinski definition) is 3. The number of carbonyl (C=O) groups is 1. The predicted molar refractivity (Wildman–Crippen MR) is 44.6 cm³/mol. The molecule has 0 heterocycles. The van der Waals surface area contributed by atoms with Crippen molar-refractivity contribution in [2.45, 2.75) is 38.2 Å². The molecule has 0 aromatic heterocycles. The predicted octanol–water partition coefficient (Wildman–Crippen LogP) is 1.10. The first-order valence-corrected chi connectivity index (χ1v) is 4.47. The van der Waals surface area contributed by atoms with E-state index in [1.807, 2.05) is 0 Å². The van der Waals surface area contributed by atoms with E-state index in [-0.39, 0.29) is 12.1 Å². The van der Waals surface area contributed by atoms with Gasteiger partial charge < -0.3 is 9.84 Å². The van der Waals surface area contributed by atoms with E-state index in [0.29, 0.717) is 12.3 Å². The van der Waals surface area contributed by atoms with Crippen LogP contribution in [-0.4, -0.2) is 24.3 Å². The lowest BCUT2D eigenvalue weighted by atomic mass is 9.85. The van der Waals surface area contributed by atoms with Gasteiger partial charge >= 0.3 is 5.97 Å². The Balaban J connectivity index is 2.21. The zero-order chi connectivity index (χ0) is 8.97. The van der Waals surface area contributed by atoms with Crippen LogP contribution in [0.15, 0.2) is 0 Å². The topological polar surface area (TPSA) is 46.5 Å². The second-order valence-corrected chi connectivity index (χ2v) is 3.45. The SMILES string of the molecule is COC(=O)CC1CCC(O)CC1. The molecule has 0 radical (unpaired) electrons. The number of methoxy groups -OCH3 is 1. The molecule has 12 heavy (non-hydrogen) atoms. The standard InChI is InChI=1S/C9H16O3/c1-12-9(11)6-7-2-4-8(10)5-3-7/h7-8,10H,2-6H2,1H3. The van der Waals surface area contributed by atoms with Crippen molar-refractivity contribution in [3.05, 3.63) is 0 Å². The van der Waals surface area contributed by atoms with E-state index >= 15 is 0 Å². The summed E-state index contributed by atoms with van der Waals surface area (Å²) >= 11 is 0. The number of esters is 1. The number of rotatable bonds is 2. The van der Waals surface area contributed by atoms with Crippen LogP contribution in [0.2, 0.25) is 0 Å². The second-order valence-electron chi connectivity index (χ2n) is 3.45. The molecule has 0 spiro atoms. The van der Waals surface area contributed by atoms with E-state index in [9.17, 15) is 9.90 Å². The first-order chi connectivity index (χ1) is 5.72. The molecule has 0 unspecified atom stereocenters. The summed E-state index contributed by atoms with van der Waals surface area (Å²) in [6.07, 6.45) is 3.96. The van der Waals surface area contributed by atoms with E-state index < -0.39 is 0 Å². The Kier molecular flexibility index (Phi) is 3.53. The van der Waals surface area contributed by atoms with Crippen molar-refractivity contribution in [2.75, 3.05) is 7.11 Å². The van der Waals surface area contributed by atoms with E-state index in [1.54, 1.807) is 0 Å². The zero-order valence-corrected chi connectivity index (χ0v) is 7.45. The first kappa shape index (κ1) is 9.52. The summed E-state index contributed by atoms with van der Waals surface area (Å²) in [5, 5.41) is 9.20. The molecule has 0 aromatic rings. The van der Waals surface area contributed by atoms with Gasteiger partial charge in [-0.25, -0.2) is 0 Å². The number of aliphatic hydroxyl groups excluding tert-OH is 1. The molecule has 0 bridgehead atoms. The van der Waals surface area contributed by atoms with Crippen LogP contribution in [0, 0.1) is 5.92 Å². The second kappa shape index (κ2) is 4.45. The van der Waals surface area contributed by atoms with Crippen LogP contribution in [0.5, 0.6) is 0 Å². The lowest BCUT2D eigenvalue weighted by Gasteiger charge is -2.24. The van der Waals surface area contributed by atoms with Crippen LogP contribution >= 0.6 is 0 Å². The van der Waals surface area contributed by atoms with E-state index in [4.69, 9.17) is 0 Å². The van der Waals surface area contributed by atoms with Gasteiger partial charge in [-0.1, -0.05) is 0 Å². The summed E-state index contributed by atoms with van der Waals surface area (Å²) in [6.45, 7) is 0. The maximum Gasteiger partial charge on any atom is 0.305 e. The molecule has 0 amide bonds. The maximum absolute atomic E-state index is 10.9. The summed E-state index contributed by atoms with van der Waals surface area (Å²) in [6, 6.07) is 0. The minimum atomic E-state index is -0.140. The fourth-order valence-electron chi connectivity index (χ4n) is 1.67. The van der Waals surface area contributed by atoms with E-state index in [0.717, 1.165) is 25.7 Å². The van der Waals surface area contributed by atoms with Gasteiger partial charge in [0, 0.05) is 6.42 Å². The third-order valence-electron chi connectivity index (χ3n) is 2.50. The van der Waals surface area contributed by atoms with Gasteiger partial charge in [-0.15, -0.1) is 0 Å². The number of hydrogen-bond donors (Lipinski definition) is 1. The van der Waals surface area contributed by atoms with Crippen molar-refractivity contribution in [3.8, 4) is 0 Å². The van der Waals surface area contributed by atoms with Crippen LogP contribution in [0.3, 0.4) is 0 Å². The Morgan fingerprint density at radius 2 is 2.00 bits per heavy atom. The van der Waals surface area contributed by atoms with Crippen LogP contribution in [0.4, 0.5) is 0 Å². The fourth-order valence-corrected chi connectivity index (χ4v) is 1.67. The zero-order valence-electron chi connectivity index (χ0n) is 7.45. The van der Waals surface area contributed by atoms with Gasteiger partial charge in [-0.2, -0.15) is 0 Å². The fraction of sp³-hybridized carbons (Fsp3) is 0.889. The van der Waals surface area contributed by atoms with Crippen molar-refractivity contribution in [1.82, 2.24) is 0 Å². The lowest BCUT2D eigenvalue weighted by molar-refractivity contribution is -0.142. The number of aliphatic hydroxyl groups is 1. The summed E-state index contributed by atoms with van der Waals surface area (Å²) < 4.78 is 4.58. The Morgan fingerprint density at radius 3 is 2.50 bits per heavy atom. The number of carbonyl (C=O) groups excluding carboxylic acids is 1. The minimum absolute atomic E-state index is 0.128. The number of ether oxygens (including phenoxy) is 1. The van der Waals surface area contributed by atoms with Crippen molar-refractivity contribution < 1.29 is 14.6 Å². The highest BCUT2D eigenvalue weighted by Gasteiger charge is 2.21. The summed E-state index contributed by atoms with van der Waals surface area (Å²) in [5.41, 5.74) is 0. The monoisotopic (exact) mass is 172 g/mol. The molecule has 1 rings (SSSR count). The molecule has 0 aliphatic heterocycles. The van der Waals surface area contributed by atoms with Crippen molar-refractivity contribution >= 4 is 5.97 Å². The first-order valence-electron chi connectivity index (χ1n) is 4.47. The summed E-state index contributed by atoms with van der Waals surface area (Å²) in [4.78, 5) is 10.9. The van der Waals surface area contributed by atoms with E-state index in [2.05, 4.69) is 4.74 Å². The van der Waals surface area contributed by atoms with Gasteiger partial charge in [-0.3, -0.25) is 4.79 Å². The van der Waals surface area contributed by atoms with Crippen molar-refractivity contribution in [3.63, 3.8) is 0 Å². The van der Waals surface area contributed by atoms with Gasteiger partial charge in [0.05, 0.1) is 13.2 Å². The summed E-state index contributed by atoms with van der Waals surface area (Å²) in [5.74, 6) is 0.303. The molecule has 1 saturated carbocycles. The molecule has 3 nitrogen and oxygen atoms in total. The average Bonchev–Trinajstić information content (AvgIpc) is 2.09. The molecular formula is C9H16O3. The van der Waals surface area contributed by atoms with E-state index in [1.165, 1.54) is 7.11 Å². The minimum Gasteiger partial charge on any atom is -0.469 e. The molecule has 0 saturated heterocycles. The molecule has 70 valence electrons. The molecule has 1 aliphatic carbocycles. The third-order valence-corrected chi connectivity index (χ3v) is 2.50. The molecule has 0 atom stereocenters. The Hall–Kier alpha value is -0.570. The van der Waals surface area contributed by atoms with Crippen LogP contribution in [-0.2, 0) is 9.53 Å². The largest absolute Gasteiger partial charge is 0.469 e. The molecule has 0 aromatic carbocycles.